The van der Waals surface area contributed by atoms with E-state index in [0.29, 0.717) is 12.0 Å². The number of benzene rings is 2. The molecule has 1 aliphatic rings. The van der Waals surface area contributed by atoms with Crippen LogP contribution in [0, 0.1) is 5.92 Å². The summed E-state index contributed by atoms with van der Waals surface area (Å²) in [5, 5.41) is 17.0. The van der Waals surface area contributed by atoms with E-state index in [1.54, 1.807) is 0 Å². The molecular weight excluding hydrogens is 360 g/mol. The highest BCUT2D eigenvalue weighted by molar-refractivity contribution is 5.59. The first-order chi connectivity index (χ1) is 14.3. The molecule has 29 heavy (non-hydrogen) atoms. The van der Waals surface area contributed by atoms with Crippen molar-refractivity contribution >= 4 is 11.5 Å². The van der Waals surface area contributed by atoms with Crippen molar-refractivity contribution in [3.63, 3.8) is 0 Å². The number of anilines is 1. The van der Waals surface area contributed by atoms with Gasteiger partial charge in [-0.1, -0.05) is 67.6 Å². The fourth-order valence-electron chi connectivity index (χ4n) is 4.05. The maximum absolute atomic E-state index is 4.78. The molecule has 1 aliphatic heterocycles. The van der Waals surface area contributed by atoms with Gasteiger partial charge in [0.05, 0.1) is 0 Å². The van der Waals surface area contributed by atoms with Crippen LogP contribution in [0.25, 0.3) is 17.0 Å². The van der Waals surface area contributed by atoms with E-state index in [2.05, 4.69) is 57.7 Å². The van der Waals surface area contributed by atoms with Crippen LogP contribution in [0.15, 0.2) is 72.8 Å². The predicted octanol–water partition coefficient (Wildman–Crippen LogP) is 3.72. The van der Waals surface area contributed by atoms with Gasteiger partial charge in [0.25, 0.3) is 0 Å². The molecule has 1 N–H and O–H groups in total. The summed E-state index contributed by atoms with van der Waals surface area (Å²) in [5.41, 5.74) is 3.12. The summed E-state index contributed by atoms with van der Waals surface area (Å²) in [6.07, 6.45) is 0. The smallest absolute Gasteiger partial charge is 0.185 e. The van der Waals surface area contributed by atoms with Crippen molar-refractivity contribution in [2.75, 3.05) is 18.4 Å². The number of aromatic nitrogens is 4. The van der Waals surface area contributed by atoms with Gasteiger partial charge >= 0.3 is 0 Å². The fourth-order valence-corrected chi connectivity index (χ4v) is 4.05. The van der Waals surface area contributed by atoms with Crippen molar-refractivity contribution in [1.29, 1.82) is 0 Å². The van der Waals surface area contributed by atoms with Crippen LogP contribution in [0.2, 0.25) is 0 Å². The first-order valence-electron chi connectivity index (χ1n) is 10.1. The highest BCUT2D eigenvalue weighted by atomic mass is 15.4. The van der Waals surface area contributed by atoms with E-state index in [1.165, 1.54) is 5.56 Å². The van der Waals surface area contributed by atoms with E-state index in [9.17, 15) is 0 Å². The predicted molar refractivity (Wildman–Crippen MR) is 115 cm³/mol. The highest BCUT2D eigenvalue weighted by Crippen LogP contribution is 2.23. The highest BCUT2D eigenvalue weighted by Gasteiger charge is 2.29. The van der Waals surface area contributed by atoms with Gasteiger partial charge in [0.1, 0.15) is 5.82 Å². The Hall–Kier alpha value is -3.25. The number of nitrogens with one attached hydrogen (secondary N) is 1. The molecule has 2 atom stereocenters. The van der Waals surface area contributed by atoms with E-state index in [-0.39, 0.29) is 0 Å². The zero-order valence-corrected chi connectivity index (χ0v) is 16.4. The molecule has 1 fully saturated rings. The second kappa shape index (κ2) is 7.64. The second-order valence-corrected chi connectivity index (χ2v) is 7.79. The summed E-state index contributed by atoms with van der Waals surface area (Å²) < 4.78 is 1.82. The summed E-state index contributed by atoms with van der Waals surface area (Å²) in [5.74, 6) is 2.16. The lowest BCUT2D eigenvalue weighted by molar-refractivity contribution is 0.319. The van der Waals surface area contributed by atoms with Gasteiger partial charge in [-0.25, -0.2) is 0 Å². The fraction of sp³-hybridized carbons (Fsp3) is 0.261. The Balaban J connectivity index is 1.34. The SMILES string of the molecule is CC1CN(Cc2ccccc2)CC1Nc1ccc2nnc(-c3ccccc3)n2n1. The van der Waals surface area contributed by atoms with Crippen molar-refractivity contribution in [1.82, 2.24) is 24.7 Å². The first-order valence-corrected chi connectivity index (χ1v) is 10.1. The molecule has 0 bridgehead atoms. The Morgan fingerprint density at radius 3 is 2.45 bits per heavy atom. The lowest BCUT2D eigenvalue weighted by atomic mass is 10.1. The largest absolute Gasteiger partial charge is 0.364 e. The lowest BCUT2D eigenvalue weighted by Gasteiger charge is -2.18. The van der Waals surface area contributed by atoms with Crippen molar-refractivity contribution in [3.05, 3.63) is 78.4 Å². The van der Waals surface area contributed by atoms with Gasteiger partial charge in [-0.05, 0) is 23.6 Å². The van der Waals surface area contributed by atoms with Gasteiger partial charge in [0.2, 0.25) is 0 Å². The minimum absolute atomic E-state index is 0.361. The van der Waals surface area contributed by atoms with Crippen LogP contribution >= 0.6 is 0 Å². The zero-order valence-electron chi connectivity index (χ0n) is 16.4. The van der Waals surface area contributed by atoms with Gasteiger partial charge in [-0.15, -0.1) is 15.3 Å². The van der Waals surface area contributed by atoms with Crippen molar-refractivity contribution in [2.24, 2.45) is 5.92 Å². The summed E-state index contributed by atoms with van der Waals surface area (Å²) >= 11 is 0. The van der Waals surface area contributed by atoms with Crippen LogP contribution in [-0.2, 0) is 6.54 Å². The molecule has 1 saturated heterocycles. The molecule has 5 rings (SSSR count). The molecule has 6 heteroatoms. The molecule has 6 nitrogen and oxygen atoms in total. The van der Waals surface area contributed by atoms with E-state index in [4.69, 9.17) is 5.10 Å². The van der Waals surface area contributed by atoms with Gasteiger partial charge in [0, 0.05) is 31.2 Å². The molecule has 2 unspecified atom stereocenters. The van der Waals surface area contributed by atoms with Gasteiger partial charge < -0.3 is 5.32 Å². The maximum Gasteiger partial charge on any atom is 0.185 e. The Morgan fingerprint density at radius 1 is 0.897 bits per heavy atom. The van der Waals surface area contributed by atoms with Gasteiger partial charge in [-0.3, -0.25) is 4.90 Å². The Kier molecular flexibility index (Phi) is 4.69. The third-order valence-corrected chi connectivity index (χ3v) is 5.57. The van der Waals surface area contributed by atoms with Crippen LogP contribution in [0.3, 0.4) is 0 Å². The van der Waals surface area contributed by atoms with E-state index < -0.39 is 0 Å². The maximum atomic E-state index is 4.78. The third-order valence-electron chi connectivity index (χ3n) is 5.57. The molecule has 3 heterocycles. The van der Waals surface area contributed by atoms with Crippen LogP contribution in [-0.4, -0.2) is 43.8 Å². The second-order valence-electron chi connectivity index (χ2n) is 7.79. The number of hydrogen-bond donors (Lipinski definition) is 1. The molecule has 4 aromatic rings. The quantitative estimate of drug-likeness (QED) is 0.568. The van der Waals surface area contributed by atoms with Crippen molar-refractivity contribution in [3.8, 4) is 11.4 Å². The molecule has 0 spiro atoms. The Morgan fingerprint density at radius 2 is 1.66 bits per heavy atom. The summed E-state index contributed by atoms with van der Waals surface area (Å²) in [6.45, 7) is 5.37. The monoisotopic (exact) mass is 384 g/mol. The van der Waals surface area contributed by atoms with Crippen LogP contribution in [0.5, 0.6) is 0 Å². The first kappa shape index (κ1) is 17.8. The Bertz CT molecular complexity index is 1090. The molecular formula is C23H24N6. The van der Waals surface area contributed by atoms with E-state index in [0.717, 1.165) is 42.5 Å². The summed E-state index contributed by atoms with van der Waals surface area (Å²) in [4.78, 5) is 2.50. The molecule has 0 amide bonds. The third kappa shape index (κ3) is 3.71. The average molecular weight is 384 g/mol. The standard InChI is InChI=1S/C23H24N6/c1-17-14-28(15-18-8-4-2-5-9-18)16-20(17)24-21-12-13-22-25-26-23(29(22)27-21)19-10-6-3-7-11-19/h2-13,17,20H,14-16H2,1H3,(H,24,27). The minimum Gasteiger partial charge on any atom is -0.364 e. The van der Waals surface area contributed by atoms with Crippen LogP contribution in [0.1, 0.15) is 12.5 Å². The number of rotatable bonds is 5. The normalized spacial score (nSPS) is 19.6. The number of fused-ring (bicyclic) bond motifs is 1. The van der Waals surface area contributed by atoms with Gasteiger partial charge in [-0.2, -0.15) is 4.52 Å². The lowest BCUT2D eigenvalue weighted by Crippen LogP contribution is -2.28. The Labute approximate surface area is 170 Å². The van der Waals surface area contributed by atoms with Gasteiger partial charge in [0.15, 0.2) is 11.5 Å². The van der Waals surface area contributed by atoms with Crippen LogP contribution in [0.4, 0.5) is 5.82 Å². The molecule has 0 radical (unpaired) electrons. The molecule has 146 valence electrons. The molecule has 2 aromatic heterocycles. The summed E-state index contributed by atoms with van der Waals surface area (Å²) in [7, 11) is 0. The van der Waals surface area contributed by atoms with Crippen molar-refractivity contribution in [2.45, 2.75) is 19.5 Å². The number of nitrogens with zero attached hydrogens (tertiary/aromatic N) is 5. The topological polar surface area (TPSA) is 58.3 Å². The molecule has 2 aromatic carbocycles. The van der Waals surface area contributed by atoms with E-state index in [1.807, 2.05) is 47.0 Å². The zero-order chi connectivity index (χ0) is 19.6. The number of hydrogen-bond acceptors (Lipinski definition) is 5. The minimum atomic E-state index is 0.361. The van der Waals surface area contributed by atoms with Crippen LogP contribution < -0.4 is 5.32 Å². The van der Waals surface area contributed by atoms with E-state index >= 15 is 0 Å². The van der Waals surface area contributed by atoms with Crippen molar-refractivity contribution < 1.29 is 0 Å². The molecule has 0 aliphatic carbocycles. The number of likely N-dealkylation sites (tertiary alicyclic amines) is 1. The average Bonchev–Trinajstić information content (AvgIpc) is 3.32. The summed E-state index contributed by atoms with van der Waals surface area (Å²) in [6, 6.07) is 25.0. The molecule has 0 saturated carbocycles.